The van der Waals surface area contributed by atoms with E-state index in [0.29, 0.717) is 36.4 Å². The lowest BCUT2D eigenvalue weighted by Crippen LogP contribution is -2.31. The van der Waals surface area contributed by atoms with Crippen molar-refractivity contribution in [3.8, 4) is 6.07 Å². The first kappa shape index (κ1) is 23.2. The third-order valence-electron chi connectivity index (χ3n) is 5.49. The van der Waals surface area contributed by atoms with E-state index in [2.05, 4.69) is 26.8 Å². The molecule has 3 heterocycles. The average Bonchev–Trinajstić information content (AvgIpc) is 3.33. The Kier molecular flexibility index (Phi) is 7.04. The van der Waals surface area contributed by atoms with Crippen molar-refractivity contribution in [2.45, 2.75) is 38.8 Å². The van der Waals surface area contributed by atoms with E-state index in [1.54, 1.807) is 29.2 Å². The first-order valence-electron chi connectivity index (χ1n) is 10.8. The predicted molar refractivity (Wildman–Crippen MR) is 128 cm³/mol. The SMILES string of the molecule is Cc1nn(C)cc1CNC(=O)OC1CCc2c(sc(NC(=O)/C=C/c3cccnc3)c2C#N)C1. The van der Waals surface area contributed by atoms with Gasteiger partial charge in [0.1, 0.15) is 17.2 Å². The second kappa shape index (κ2) is 10.3. The Morgan fingerprint density at radius 3 is 3.00 bits per heavy atom. The van der Waals surface area contributed by atoms with Crippen molar-refractivity contribution in [3.63, 3.8) is 0 Å². The molecule has 10 heteroatoms. The van der Waals surface area contributed by atoms with Crippen LogP contribution in [0.4, 0.5) is 9.80 Å². The summed E-state index contributed by atoms with van der Waals surface area (Å²) in [6, 6.07) is 5.85. The van der Waals surface area contributed by atoms with Gasteiger partial charge < -0.3 is 15.4 Å². The summed E-state index contributed by atoms with van der Waals surface area (Å²) in [7, 11) is 1.83. The van der Waals surface area contributed by atoms with Crippen molar-refractivity contribution in [2.75, 3.05) is 5.32 Å². The molecule has 0 aromatic carbocycles. The molecule has 34 heavy (non-hydrogen) atoms. The van der Waals surface area contributed by atoms with Crippen LogP contribution in [0.25, 0.3) is 6.08 Å². The van der Waals surface area contributed by atoms with E-state index in [4.69, 9.17) is 4.74 Å². The van der Waals surface area contributed by atoms with E-state index >= 15 is 0 Å². The van der Waals surface area contributed by atoms with E-state index < -0.39 is 6.09 Å². The molecule has 0 aliphatic heterocycles. The van der Waals surface area contributed by atoms with Crippen LogP contribution in [0.15, 0.2) is 36.8 Å². The Balaban J connectivity index is 1.36. The molecule has 0 spiro atoms. The highest BCUT2D eigenvalue weighted by Crippen LogP contribution is 2.38. The first-order chi connectivity index (χ1) is 16.4. The number of nitrogens with one attached hydrogen (secondary N) is 2. The van der Waals surface area contributed by atoms with Gasteiger partial charge in [0, 0.05) is 55.1 Å². The smallest absolute Gasteiger partial charge is 0.407 e. The van der Waals surface area contributed by atoms with Gasteiger partial charge in [0.25, 0.3) is 0 Å². The molecule has 174 valence electrons. The van der Waals surface area contributed by atoms with Crippen molar-refractivity contribution in [2.24, 2.45) is 7.05 Å². The molecule has 3 aromatic rings. The van der Waals surface area contributed by atoms with Crippen LogP contribution in [0, 0.1) is 18.3 Å². The molecule has 0 bridgehead atoms. The number of ether oxygens (including phenoxy) is 1. The second-order valence-electron chi connectivity index (χ2n) is 7.97. The van der Waals surface area contributed by atoms with Crippen LogP contribution in [0.2, 0.25) is 0 Å². The van der Waals surface area contributed by atoms with Crippen LogP contribution in [-0.2, 0) is 36.0 Å². The number of hydrogen-bond acceptors (Lipinski definition) is 7. The molecule has 0 fully saturated rings. The number of pyridine rings is 1. The number of aromatic nitrogens is 3. The minimum Gasteiger partial charge on any atom is -0.446 e. The largest absolute Gasteiger partial charge is 0.446 e. The van der Waals surface area contributed by atoms with Gasteiger partial charge in [0.05, 0.1) is 11.3 Å². The average molecular weight is 477 g/mol. The van der Waals surface area contributed by atoms with Crippen molar-refractivity contribution in [3.05, 3.63) is 69.6 Å². The van der Waals surface area contributed by atoms with Crippen LogP contribution in [0.5, 0.6) is 0 Å². The van der Waals surface area contributed by atoms with Gasteiger partial charge in [-0.25, -0.2) is 4.79 Å². The highest BCUT2D eigenvalue weighted by atomic mass is 32.1. The summed E-state index contributed by atoms with van der Waals surface area (Å²) in [5.41, 5.74) is 4.00. The molecule has 2 N–H and O–H groups in total. The molecule has 0 saturated heterocycles. The zero-order chi connectivity index (χ0) is 24.1. The molecule has 0 radical (unpaired) electrons. The summed E-state index contributed by atoms with van der Waals surface area (Å²) in [4.78, 5) is 29.6. The number of hydrogen-bond donors (Lipinski definition) is 2. The topological polar surface area (TPSA) is 122 Å². The number of amides is 2. The van der Waals surface area contributed by atoms with E-state index in [1.807, 2.05) is 26.2 Å². The van der Waals surface area contributed by atoms with Gasteiger partial charge in [-0.2, -0.15) is 10.4 Å². The molecule has 3 aromatic heterocycles. The van der Waals surface area contributed by atoms with Crippen molar-refractivity contribution in [1.82, 2.24) is 20.1 Å². The minimum absolute atomic E-state index is 0.290. The fourth-order valence-electron chi connectivity index (χ4n) is 3.85. The monoisotopic (exact) mass is 476 g/mol. The Morgan fingerprint density at radius 1 is 1.44 bits per heavy atom. The lowest BCUT2D eigenvalue weighted by Gasteiger charge is -2.22. The molecule has 0 saturated carbocycles. The van der Waals surface area contributed by atoms with Gasteiger partial charge in [-0.1, -0.05) is 6.07 Å². The molecule has 1 aliphatic rings. The number of nitriles is 1. The number of aryl methyl sites for hydroxylation is 2. The quantitative estimate of drug-likeness (QED) is 0.525. The highest BCUT2D eigenvalue weighted by Gasteiger charge is 2.28. The molecule has 2 amide bonds. The maximum atomic E-state index is 12.4. The molecular formula is C24H24N6O3S. The van der Waals surface area contributed by atoms with E-state index in [0.717, 1.165) is 27.3 Å². The molecule has 1 atom stereocenters. The standard InChI is InChI=1S/C24H24N6O3S/c1-15-17(14-30(2)29-15)13-27-24(32)33-18-6-7-19-20(11-25)23(34-21(19)10-18)28-22(31)8-5-16-4-3-9-26-12-16/h3-5,8-9,12,14,18H,6-7,10,13H2,1-2H3,(H,27,32)(H,28,31)/b8-5+. The molecule has 1 aliphatic carbocycles. The second-order valence-corrected chi connectivity index (χ2v) is 9.07. The van der Waals surface area contributed by atoms with E-state index in [-0.39, 0.29) is 12.0 Å². The maximum absolute atomic E-state index is 12.4. The van der Waals surface area contributed by atoms with Crippen LogP contribution in [0.3, 0.4) is 0 Å². The highest BCUT2D eigenvalue weighted by molar-refractivity contribution is 7.16. The number of alkyl carbamates (subject to hydrolysis) is 1. The zero-order valence-electron chi connectivity index (χ0n) is 18.9. The number of thiophene rings is 1. The van der Waals surface area contributed by atoms with Crippen LogP contribution < -0.4 is 10.6 Å². The first-order valence-corrected chi connectivity index (χ1v) is 11.6. The third kappa shape index (κ3) is 5.50. The number of carbonyl (C=O) groups is 2. The summed E-state index contributed by atoms with van der Waals surface area (Å²) in [5.74, 6) is -0.322. The fourth-order valence-corrected chi connectivity index (χ4v) is 5.11. The van der Waals surface area contributed by atoms with E-state index in [9.17, 15) is 14.9 Å². The van der Waals surface area contributed by atoms with Crippen molar-refractivity contribution >= 4 is 34.4 Å². The number of anilines is 1. The summed E-state index contributed by atoms with van der Waals surface area (Å²) in [5, 5.41) is 20.0. The van der Waals surface area contributed by atoms with Crippen LogP contribution >= 0.6 is 11.3 Å². The van der Waals surface area contributed by atoms with Gasteiger partial charge in [-0.05, 0) is 43.0 Å². The van der Waals surface area contributed by atoms with Gasteiger partial charge >= 0.3 is 6.09 Å². The zero-order valence-corrected chi connectivity index (χ0v) is 19.7. The minimum atomic E-state index is -0.483. The molecule has 1 unspecified atom stereocenters. The Labute approximate surface area is 201 Å². The summed E-state index contributed by atoms with van der Waals surface area (Å²) in [6.45, 7) is 2.23. The summed E-state index contributed by atoms with van der Waals surface area (Å²) < 4.78 is 7.31. The van der Waals surface area contributed by atoms with Gasteiger partial charge in [-0.15, -0.1) is 11.3 Å². The van der Waals surface area contributed by atoms with Crippen molar-refractivity contribution in [1.29, 1.82) is 5.26 Å². The van der Waals surface area contributed by atoms with Crippen LogP contribution in [-0.4, -0.2) is 32.9 Å². The molecular weight excluding hydrogens is 452 g/mol. The van der Waals surface area contributed by atoms with Gasteiger partial charge in [0.2, 0.25) is 5.91 Å². The summed E-state index contributed by atoms with van der Waals surface area (Å²) in [6.07, 6.45) is 9.22. The number of carbonyl (C=O) groups excluding carboxylic acids is 2. The van der Waals surface area contributed by atoms with Crippen molar-refractivity contribution < 1.29 is 14.3 Å². The third-order valence-corrected chi connectivity index (χ3v) is 6.66. The van der Waals surface area contributed by atoms with Gasteiger partial charge in [0.15, 0.2) is 0 Å². The predicted octanol–water partition coefficient (Wildman–Crippen LogP) is 3.49. The van der Waals surface area contributed by atoms with Crippen LogP contribution in [0.1, 0.15) is 39.2 Å². The lowest BCUT2D eigenvalue weighted by molar-refractivity contribution is -0.111. The van der Waals surface area contributed by atoms with Gasteiger partial charge in [-0.3, -0.25) is 14.5 Å². The Morgan fingerprint density at radius 2 is 2.29 bits per heavy atom. The summed E-state index contributed by atoms with van der Waals surface area (Å²) >= 11 is 1.36. The fraction of sp³-hybridized carbons (Fsp3) is 0.292. The Hall–Kier alpha value is -3.97. The maximum Gasteiger partial charge on any atom is 0.407 e. The number of fused-ring (bicyclic) bond motifs is 1. The normalized spacial score (nSPS) is 14.9. The lowest BCUT2D eigenvalue weighted by atomic mass is 9.94. The number of rotatable bonds is 6. The molecule has 4 rings (SSSR count). The number of nitrogens with zero attached hydrogens (tertiary/aromatic N) is 4. The molecule has 9 nitrogen and oxygen atoms in total. The Bertz CT molecular complexity index is 1270. The van der Waals surface area contributed by atoms with E-state index in [1.165, 1.54) is 17.4 Å².